The van der Waals surface area contributed by atoms with Crippen LogP contribution in [0.4, 0.5) is 0 Å². The Morgan fingerprint density at radius 2 is 1.90 bits per heavy atom. The van der Waals surface area contributed by atoms with Crippen molar-refractivity contribution in [1.29, 1.82) is 0 Å². The van der Waals surface area contributed by atoms with Gasteiger partial charge in [-0.2, -0.15) is 0 Å². The first-order valence-electron chi connectivity index (χ1n) is 7.15. The number of hydrogen-bond acceptors (Lipinski definition) is 4. The zero-order valence-electron chi connectivity index (χ0n) is 12.0. The fraction of sp³-hybridized carbons (Fsp3) is 0.923. The Morgan fingerprint density at radius 3 is 2.45 bits per heavy atom. The van der Waals surface area contributed by atoms with Gasteiger partial charge in [-0.25, -0.2) is 8.42 Å². The van der Waals surface area contributed by atoms with Crippen LogP contribution < -0.4 is 5.32 Å². The van der Waals surface area contributed by atoms with E-state index in [2.05, 4.69) is 5.32 Å². The van der Waals surface area contributed by atoms with Crippen LogP contribution in [0.25, 0.3) is 0 Å². The van der Waals surface area contributed by atoms with E-state index >= 15 is 0 Å². The van der Waals surface area contributed by atoms with Crippen molar-refractivity contribution >= 4 is 28.2 Å². The Hall–Kier alpha value is -0.330. The van der Waals surface area contributed by atoms with Crippen LogP contribution in [0.2, 0.25) is 0 Å². The van der Waals surface area contributed by atoms with Gasteiger partial charge < -0.3 is 10.2 Å². The second-order valence-corrected chi connectivity index (χ2v) is 8.02. The summed E-state index contributed by atoms with van der Waals surface area (Å²) in [6.07, 6.45) is 4.38. The van der Waals surface area contributed by atoms with Crippen LogP contribution in [0.3, 0.4) is 0 Å². The molecule has 2 aliphatic rings. The summed E-state index contributed by atoms with van der Waals surface area (Å²) in [4.78, 5) is 13.8. The highest BCUT2D eigenvalue weighted by atomic mass is 35.5. The van der Waals surface area contributed by atoms with Gasteiger partial charge in [-0.1, -0.05) is 0 Å². The third-order valence-corrected chi connectivity index (χ3v) is 6.13. The number of hydrogen-bond donors (Lipinski definition) is 1. The zero-order chi connectivity index (χ0) is 13.9. The molecule has 0 radical (unpaired) electrons. The lowest BCUT2D eigenvalue weighted by Crippen LogP contribution is -2.38. The Balaban J connectivity index is 0.00000200. The molecule has 1 amide bonds. The first-order valence-corrected chi connectivity index (χ1v) is 8.97. The summed E-state index contributed by atoms with van der Waals surface area (Å²) in [5.74, 6) is 1.11. The molecular formula is C13H25ClN2O3S. The van der Waals surface area contributed by atoms with Crippen molar-refractivity contribution in [3.05, 3.63) is 0 Å². The minimum atomic E-state index is -2.91. The molecule has 7 heteroatoms. The van der Waals surface area contributed by atoms with Crippen molar-refractivity contribution in [2.75, 3.05) is 31.6 Å². The summed E-state index contributed by atoms with van der Waals surface area (Å²) >= 11 is 0. The van der Waals surface area contributed by atoms with Crippen LogP contribution in [-0.2, 0) is 14.6 Å². The van der Waals surface area contributed by atoms with E-state index in [-0.39, 0.29) is 35.9 Å². The summed E-state index contributed by atoms with van der Waals surface area (Å²) in [7, 11) is -1.17. The van der Waals surface area contributed by atoms with Crippen molar-refractivity contribution in [3.8, 4) is 0 Å². The summed E-state index contributed by atoms with van der Waals surface area (Å²) in [6, 6.07) is -0.106. The average Bonchev–Trinajstić information content (AvgIpc) is 2.76. The molecule has 2 aliphatic heterocycles. The Kier molecular flexibility index (Phi) is 6.75. The fourth-order valence-electron chi connectivity index (χ4n) is 2.96. The SMILES string of the molecule is CN(C(=O)CCC1CCNCC1)C1CCS(=O)(=O)C1.Cl. The molecule has 0 aromatic rings. The standard InChI is InChI=1S/C13H24N2O3S.ClH/c1-15(12-6-9-19(17,18)10-12)13(16)3-2-11-4-7-14-8-5-11;/h11-12,14H,2-10H2,1H3;1H. The van der Waals surface area contributed by atoms with Gasteiger partial charge in [0.25, 0.3) is 0 Å². The first-order chi connectivity index (χ1) is 8.98. The van der Waals surface area contributed by atoms with Crippen molar-refractivity contribution < 1.29 is 13.2 Å². The molecule has 1 N–H and O–H groups in total. The number of rotatable bonds is 4. The summed E-state index contributed by atoms with van der Waals surface area (Å²) in [6.45, 7) is 2.10. The highest BCUT2D eigenvalue weighted by Gasteiger charge is 2.32. The quantitative estimate of drug-likeness (QED) is 0.832. The minimum absolute atomic E-state index is 0. The highest BCUT2D eigenvalue weighted by Crippen LogP contribution is 2.21. The van der Waals surface area contributed by atoms with Gasteiger partial charge in [0.15, 0.2) is 9.84 Å². The van der Waals surface area contributed by atoms with E-state index < -0.39 is 9.84 Å². The third kappa shape index (κ3) is 4.90. The molecule has 2 rings (SSSR count). The van der Waals surface area contributed by atoms with E-state index in [0.29, 0.717) is 18.8 Å². The van der Waals surface area contributed by atoms with Crippen LogP contribution in [0.15, 0.2) is 0 Å². The van der Waals surface area contributed by atoms with E-state index in [1.807, 2.05) is 0 Å². The number of amides is 1. The Labute approximate surface area is 127 Å². The fourth-order valence-corrected chi connectivity index (χ4v) is 4.73. The summed E-state index contributed by atoms with van der Waals surface area (Å²) < 4.78 is 22.9. The van der Waals surface area contributed by atoms with Gasteiger partial charge in [0, 0.05) is 19.5 Å². The van der Waals surface area contributed by atoms with Crippen LogP contribution in [0.5, 0.6) is 0 Å². The zero-order valence-corrected chi connectivity index (χ0v) is 13.6. The smallest absolute Gasteiger partial charge is 0.222 e. The molecule has 1 atom stereocenters. The number of nitrogens with one attached hydrogen (secondary N) is 1. The predicted octanol–water partition coefficient (Wildman–Crippen LogP) is 0.833. The van der Waals surface area contributed by atoms with E-state index in [9.17, 15) is 13.2 Å². The highest BCUT2D eigenvalue weighted by molar-refractivity contribution is 7.91. The van der Waals surface area contributed by atoms with Crippen LogP contribution in [0.1, 0.15) is 32.1 Å². The molecule has 0 bridgehead atoms. The van der Waals surface area contributed by atoms with E-state index in [1.165, 1.54) is 0 Å². The van der Waals surface area contributed by atoms with Gasteiger partial charge in [0.05, 0.1) is 11.5 Å². The van der Waals surface area contributed by atoms with Crippen LogP contribution in [0, 0.1) is 5.92 Å². The molecule has 0 saturated carbocycles. The number of piperidine rings is 1. The molecule has 2 saturated heterocycles. The van der Waals surface area contributed by atoms with Crippen molar-refractivity contribution in [3.63, 3.8) is 0 Å². The maximum absolute atomic E-state index is 12.1. The summed E-state index contributed by atoms with van der Waals surface area (Å²) in [5.41, 5.74) is 0. The van der Waals surface area contributed by atoms with Gasteiger partial charge in [-0.3, -0.25) is 4.79 Å². The lowest BCUT2D eigenvalue weighted by Gasteiger charge is -2.26. The normalized spacial score (nSPS) is 25.9. The molecule has 5 nitrogen and oxygen atoms in total. The van der Waals surface area contributed by atoms with Crippen molar-refractivity contribution in [1.82, 2.24) is 10.2 Å². The second-order valence-electron chi connectivity index (χ2n) is 5.79. The van der Waals surface area contributed by atoms with E-state index in [1.54, 1.807) is 11.9 Å². The van der Waals surface area contributed by atoms with Gasteiger partial charge in [0.2, 0.25) is 5.91 Å². The molecule has 0 aromatic heterocycles. The average molecular weight is 325 g/mol. The molecule has 2 heterocycles. The van der Waals surface area contributed by atoms with Gasteiger partial charge in [0.1, 0.15) is 0 Å². The lowest BCUT2D eigenvalue weighted by atomic mass is 9.93. The largest absolute Gasteiger partial charge is 0.342 e. The Morgan fingerprint density at radius 1 is 1.25 bits per heavy atom. The molecule has 1 unspecified atom stereocenters. The number of sulfone groups is 1. The Bertz CT molecular complexity index is 421. The topological polar surface area (TPSA) is 66.5 Å². The molecule has 118 valence electrons. The van der Waals surface area contributed by atoms with Gasteiger partial charge >= 0.3 is 0 Å². The number of carbonyl (C=O) groups is 1. The number of halogens is 1. The van der Waals surface area contributed by atoms with E-state index in [0.717, 1.165) is 32.4 Å². The molecule has 20 heavy (non-hydrogen) atoms. The van der Waals surface area contributed by atoms with Crippen LogP contribution >= 0.6 is 12.4 Å². The maximum Gasteiger partial charge on any atom is 0.222 e. The van der Waals surface area contributed by atoms with E-state index in [4.69, 9.17) is 0 Å². The third-order valence-electron chi connectivity index (χ3n) is 4.37. The number of nitrogens with zero attached hydrogens (tertiary/aromatic N) is 1. The minimum Gasteiger partial charge on any atom is -0.342 e. The number of carbonyl (C=O) groups excluding carboxylic acids is 1. The molecular weight excluding hydrogens is 300 g/mol. The molecule has 0 aliphatic carbocycles. The second kappa shape index (κ2) is 7.61. The molecule has 0 aromatic carbocycles. The molecule has 0 spiro atoms. The predicted molar refractivity (Wildman–Crippen MR) is 81.9 cm³/mol. The van der Waals surface area contributed by atoms with Crippen LogP contribution in [-0.4, -0.2) is 56.9 Å². The van der Waals surface area contributed by atoms with Crippen molar-refractivity contribution in [2.45, 2.75) is 38.1 Å². The lowest BCUT2D eigenvalue weighted by molar-refractivity contribution is -0.131. The van der Waals surface area contributed by atoms with Crippen molar-refractivity contribution in [2.24, 2.45) is 5.92 Å². The maximum atomic E-state index is 12.1. The first kappa shape index (κ1) is 17.7. The van der Waals surface area contributed by atoms with Gasteiger partial charge in [-0.15, -0.1) is 12.4 Å². The monoisotopic (exact) mass is 324 g/mol. The molecule has 2 fully saturated rings. The summed E-state index contributed by atoms with van der Waals surface area (Å²) in [5, 5.41) is 3.32. The van der Waals surface area contributed by atoms with Gasteiger partial charge in [-0.05, 0) is 44.7 Å².